The average Bonchev–Trinajstić information content (AvgIpc) is 3.11. The Morgan fingerprint density at radius 1 is 1.28 bits per heavy atom. The zero-order valence-electron chi connectivity index (χ0n) is 11.1. The number of sulfonamides is 1. The molecule has 0 aromatic heterocycles. The zero-order valence-corrected chi connectivity index (χ0v) is 11.9. The van der Waals surface area contributed by atoms with Gasteiger partial charge in [0.2, 0.25) is 15.9 Å². The van der Waals surface area contributed by atoms with Crippen LogP contribution in [0.1, 0.15) is 39.0 Å². The highest BCUT2D eigenvalue weighted by Crippen LogP contribution is 2.32. The fourth-order valence-electron chi connectivity index (χ4n) is 2.60. The molecule has 1 heterocycles. The molecule has 2 fully saturated rings. The van der Waals surface area contributed by atoms with Gasteiger partial charge in [-0.25, -0.2) is 8.42 Å². The number of carbonyl (C=O) groups is 1. The molecule has 18 heavy (non-hydrogen) atoms. The molecule has 1 N–H and O–H groups in total. The highest BCUT2D eigenvalue weighted by Gasteiger charge is 2.36. The molecular formula is C12H22N2O3S. The van der Waals surface area contributed by atoms with Crippen LogP contribution in [-0.4, -0.2) is 43.5 Å². The Labute approximate surface area is 109 Å². The van der Waals surface area contributed by atoms with E-state index in [1.165, 1.54) is 23.4 Å². The maximum atomic E-state index is 12.2. The van der Waals surface area contributed by atoms with E-state index in [4.69, 9.17) is 0 Å². The van der Waals surface area contributed by atoms with E-state index in [0.717, 1.165) is 12.8 Å². The molecule has 2 rings (SSSR count). The molecule has 0 spiro atoms. The lowest BCUT2D eigenvalue weighted by atomic mass is 10.0. The van der Waals surface area contributed by atoms with Gasteiger partial charge in [0.1, 0.15) is 6.04 Å². The van der Waals surface area contributed by atoms with Crippen molar-refractivity contribution in [3.63, 3.8) is 0 Å². The van der Waals surface area contributed by atoms with Gasteiger partial charge in [0.15, 0.2) is 0 Å². The van der Waals surface area contributed by atoms with Crippen molar-refractivity contribution in [3.05, 3.63) is 0 Å². The lowest BCUT2D eigenvalue weighted by Gasteiger charge is -2.33. The summed E-state index contributed by atoms with van der Waals surface area (Å²) in [7, 11) is -3.29. The number of hydrogen-bond acceptors (Lipinski definition) is 3. The highest BCUT2D eigenvalue weighted by atomic mass is 32.2. The van der Waals surface area contributed by atoms with Crippen molar-refractivity contribution < 1.29 is 13.2 Å². The minimum absolute atomic E-state index is 0.125. The predicted octanol–water partition coefficient (Wildman–Crippen LogP) is 0.715. The van der Waals surface area contributed by atoms with Gasteiger partial charge in [-0.1, -0.05) is 6.42 Å². The first-order chi connectivity index (χ1) is 8.39. The zero-order chi connectivity index (χ0) is 13.3. The summed E-state index contributed by atoms with van der Waals surface area (Å²) >= 11 is 0. The monoisotopic (exact) mass is 274 g/mol. The first-order valence-corrected chi connectivity index (χ1v) is 8.51. The quantitative estimate of drug-likeness (QED) is 0.821. The number of amides is 1. The first-order valence-electron chi connectivity index (χ1n) is 6.67. The molecule has 0 aromatic carbocycles. The smallest absolute Gasteiger partial charge is 0.238 e. The molecular weight excluding hydrogens is 252 g/mol. The Balaban J connectivity index is 2.01. The summed E-state index contributed by atoms with van der Waals surface area (Å²) in [4.78, 5) is 12.2. The van der Waals surface area contributed by atoms with Gasteiger partial charge in [-0.15, -0.1) is 0 Å². The SMILES string of the molecule is CC(NC(=O)C1CCCCN1S(C)(=O)=O)C1CC1. The van der Waals surface area contributed by atoms with Gasteiger partial charge in [-0.05, 0) is 38.5 Å². The van der Waals surface area contributed by atoms with Crippen LogP contribution in [0.25, 0.3) is 0 Å². The second-order valence-corrected chi connectivity index (χ2v) is 7.46. The van der Waals surface area contributed by atoms with E-state index in [0.29, 0.717) is 18.9 Å². The number of hydrogen-bond donors (Lipinski definition) is 1. The first kappa shape index (κ1) is 13.8. The lowest BCUT2D eigenvalue weighted by molar-refractivity contribution is -0.126. The molecule has 1 amide bonds. The number of rotatable bonds is 4. The van der Waals surface area contributed by atoms with Crippen molar-refractivity contribution in [2.24, 2.45) is 5.92 Å². The lowest BCUT2D eigenvalue weighted by Crippen LogP contribution is -2.53. The van der Waals surface area contributed by atoms with E-state index >= 15 is 0 Å². The molecule has 5 nitrogen and oxygen atoms in total. The third-order valence-electron chi connectivity index (χ3n) is 3.88. The highest BCUT2D eigenvalue weighted by molar-refractivity contribution is 7.88. The Kier molecular flexibility index (Phi) is 3.96. The van der Waals surface area contributed by atoms with Crippen molar-refractivity contribution >= 4 is 15.9 Å². The molecule has 2 aliphatic rings. The van der Waals surface area contributed by atoms with Crippen LogP contribution in [0.2, 0.25) is 0 Å². The van der Waals surface area contributed by atoms with Gasteiger partial charge in [-0.2, -0.15) is 4.31 Å². The van der Waals surface area contributed by atoms with E-state index in [9.17, 15) is 13.2 Å². The largest absolute Gasteiger partial charge is 0.352 e. The molecule has 1 aliphatic heterocycles. The van der Waals surface area contributed by atoms with Crippen LogP contribution in [0.3, 0.4) is 0 Å². The molecule has 0 bridgehead atoms. The summed E-state index contributed by atoms with van der Waals surface area (Å²) in [6.45, 7) is 2.47. The van der Waals surface area contributed by atoms with Crippen LogP contribution in [0.4, 0.5) is 0 Å². The molecule has 2 unspecified atom stereocenters. The van der Waals surface area contributed by atoms with E-state index < -0.39 is 16.1 Å². The molecule has 6 heteroatoms. The third-order valence-corrected chi connectivity index (χ3v) is 5.17. The molecule has 0 aromatic rings. The van der Waals surface area contributed by atoms with Crippen LogP contribution >= 0.6 is 0 Å². The maximum Gasteiger partial charge on any atom is 0.238 e. The van der Waals surface area contributed by atoms with E-state index in [1.807, 2.05) is 6.92 Å². The second kappa shape index (κ2) is 5.17. The second-order valence-electron chi connectivity index (χ2n) is 5.52. The number of nitrogens with zero attached hydrogens (tertiary/aromatic N) is 1. The van der Waals surface area contributed by atoms with Crippen LogP contribution < -0.4 is 5.32 Å². The van der Waals surface area contributed by atoms with Gasteiger partial charge in [0.25, 0.3) is 0 Å². The molecule has 1 saturated carbocycles. The van der Waals surface area contributed by atoms with Crippen LogP contribution in [0, 0.1) is 5.92 Å². The fourth-order valence-corrected chi connectivity index (χ4v) is 3.72. The van der Waals surface area contributed by atoms with Crippen molar-refractivity contribution in [3.8, 4) is 0 Å². The standard InChI is InChI=1S/C12H22N2O3S/c1-9(10-6-7-10)13-12(15)11-5-3-4-8-14(11)18(2,16)17/h9-11H,3-8H2,1-2H3,(H,13,15). The van der Waals surface area contributed by atoms with Gasteiger partial charge in [-0.3, -0.25) is 4.79 Å². The van der Waals surface area contributed by atoms with Crippen LogP contribution in [0.5, 0.6) is 0 Å². The normalized spacial score (nSPS) is 27.8. The predicted molar refractivity (Wildman–Crippen MR) is 69.5 cm³/mol. The molecule has 0 radical (unpaired) electrons. The summed E-state index contributed by atoms with van der Waals surface area (Å²) in [5.41, 5.74) is 0. The number of carbonyl (C=O) groups excluding carboxylic acids is 1. The topological polar surface area (TPSA) is 66.5 Å². The average molecular weight is 274 g/mol. The van der Waals surface area contributed by atoms with Gasteiger partial charge >= 0.3 is 0 Å². The van der Waals surface area contributed by atoms with E-state index in [2.05, 4.69) is 5.32 Å². The van der Waals surface area contributed by atoms with Crippen molar-refractivity contribution in [1.82, 2.24) is 9.62 Å². The molecule has 104 valence electrons. The minimum atomic E-state index is -3.29. The summed E-state index contributed by atoms with van der Waals surface area (Å²) in [5, 5.41) is 2.97. The van der Waals surface area contributed by atoms with E-state index in [-0.39, 0.29) is 11.9 Å². The Hall–Kier alpha value is -0.620. The minimum Gasteiger partial charge on any atom is -0.352 e. The van der Waals surface area contributed by atoms with Gasteiger partial charge in [0.05, 0.1) is 6.26 Å². The molecule has 1 aliphatic carbocycles. The molecule has 1 saturated heterocycles. The fraction of sp³-hybridized carbons (Fsp3) is 0.917. The summed E-state index contributed by atoms with van der Waals surface area (Å²) in [6.07, 6.45) is 5.92. The molecule has 2 atom stereocenters. The van der Waals surface area contributed by atoms with Crippen LogP contribution in [-0.2, 0) is 14.8 Å². The Morgan fingerprint density at radius 2 is 1.94 bits per heavy atom. The summed E-state index contributed by atoms with van der Waals surface area (Å²) in [6, 6.07) is -0.337. The van der Waals surface area contributed by atoms with Gasteiger partial charge < -0.3 is 5.32 Å². The summed E-state index contributed by atoms with van der Waals surface area (Å²) < 4.78 is 24.7. The van der Waals surface area contributed by atoms with Gasteiger partial charge in [0, 0.05) is 12.6 Å². The Bertz CT molecular complexity index is 417. The summed E-state index contributed by atoms with van der Waals surface area (Å²) in [5.74, 6) is 0.462. The Morgan fingerprint density at radius 3 is 2.50 bits per heavy atom. The van der Waals surface area contributed by atoms with Crippen molar-refractivity contribution in [2.75, 3.05) is 12.8 Å². The number of nitrogens with one attached hydrogen (secondary N) is 1. The van der Waals surface area contributed by atoms with Crippen LogP contribution in [0.15, 0.2) is 0 Å². The number of piperidine rings is 1. The van der Waals surface area contributed by atoms with Crippen molar-refractivity contribution in [1.29, 1.82) is 0 Å². The maximum absolute atomic E-state index is 12.2. The van der Waals surface area contributed by atoms with E-state index in [1.54, 1.807) is 0 Å². The third kappa shape index (κ3) is 3.23. The van der Waals surface area contributed by atoms with Crippen molar-refractivity contribution in [2.45, 2.75) is 51.1 Å².